The highest BCUT2D eigenvalue weighted by atomic mass is 16.5. The average Bonchev–Trinajstić information content (AvgIpc) is 2.36. The van der Waals surface area contributed by atoms with E-state index in [0.29, 0.717) is 0 Å². The second-order valence-electron chi connectivity index (χ2n) is 6.08. The molecule has 0 heterocycles. The van der Waals surface area contributed by atoms with E-state index in [9.17, 15) is 0 Å². The molecule has 0 aliphatic carbocycles. The molecule has 0 radical (unpaired) electrons. The highest BCUT2D eigenvalue weighted by molar-refractivity contribution is 4.61. The van der Waals surface area contributed by atoms with Crippen LogP contribution in [0.5, 0.6) is 0 Å². The van der Waals surface area contributed by atoms with Crippen molar-refractivity contribution in [3.05, 3.63) is 0 Å². The highest BCUT2D eigenvalue weighted by Crippen LogP contribution is 2.22. The van der Waals surface area contributed by atoms with Crippen molar-refractivity contribution < 1.29 is 4.74 Å². The normalized spacial score (nSPS) is 16.5. The summed E-state index contributed by atoms with van der Waals surface area (Å²) in [7, 11) is 0. The Balaban J connectivity index is 3.42. The van der Waals surface area contributed by atoms with Gasteiger partial charge in [0.15, 0.2) is 0 Å². The summed E-state index contributed by atoms with van der Waals surface area (Å²) in [5, 5.41) is 0. The van der Waals surface area contributed by atoms with Gasteiger partial charge in [0.25, 0.3) is 0 Å². The van der Waals surface area contributed by atoms with Crippen LogP contribution >= 0.6 is 0 Å². The Morgan fingerprint density at radius 2 is 1.56 bits per heavy atom. The molecule has 0 saturated heterocycles. The summed E-state index contributed by atoms with van der Waals surface area (Å²) in [5.41, 5.74) is 5.42. The lowest BCUT2D eigenvalue weighted by Crippen LogP contribution is -2.08. The third kappa shape index (κ3) is 11.0. The quantitative estimate of drug-likeness (QED) is 0.531. The Labute approximate surface area is 115 Å². The van der Waals surface area contributed by atoms with Crippen LogP contribution in [0.3, 0.4) is 0 Å². The van der Waals surface area contributed by atoms with Gasteiger partial charge in [0, 0.05) is 13.2 Å². The predicted molar refractivity (Wildman–Crippen MR) is 80.7 cm³/mol. The molecule has 2 nitrogen and oxygen atoms in total. The van der Waals surface area contributed by atoms with Gasteiger partial charge in [-0.05, 0) is 43.6 Å². The van der Waals surface area contributed by atoms with Crippen molar-refractivity contribution in [2.75, 3.05) is 19.8 Å². The van der Waals surface area contributed by atoms with E-state index in [4.69, 9.17) is 10.5 Å². The molecule has 0 saturated carbocycles. The van der Waals surface area contributed by atoms with Crippen LogP contribution in [0.2, 0.25) is 0 Å². The third-order valence-corrected chi connectivity index (χ3v) is 3.90. The minimum Gasteiger partial charge on any atom is -0.381 e. The molecule has 0 amide bonds. The first-order valence-electron chi connectivity index (χ1n) is 7.87. The summed E-state index contributed by atoms with van der Waals surface area (Å²) >= 11 is 0. The molecular weight excluding hydrogens is 222 g/mol. The molecule has 18 heavy (non-hydrogen) atoms. The maximum atomic E-state index is 5.55. The zero-order valence-electron chi connectivity index (χ0n) is 13.1. The fourth-order valence-corrected chi connectivity index (χ4v) is 2.26. The SMILES string of the molecule is CCC(C)CC(C)CCC(C)CCOCCCN. The molecule has 2 N–H and O–H groups in total. The largest absolute Gasteiger partial charge is 0.381 e. The van der Waals surface area contributed by atoms with Crippen molar-refractivity contribution in [2.24, 2.45) is 23.5 Å². The molecule has 0 fully saturated rings. The van der Waals surface area contributed by atoms with Crippen molar-refractivity contribution in [3.8, 4) is 0 Å². The van der Waals surface area contributed by atoms with E-state index in [1.807, 2.05) is 0 Å². The molecule has 0 aliphatic rings. The lowest BCUT2D eigenvalue weighted by Gasteiger charge is -2.18. The van der Waals surface area contributed by atoms with E-state index in [2.05, 4.69) is 27.7 Å². The van der Waals surface area contributed by atoms with Gasteiger partial charge < -0.3 is 10.5 Å². The second-order valence-corrected chi connectivity index (χ2v) is 6.08. The monoisotopic (exact) mass is 257 g/mol. The fourth-order valence-electron chi connectivity index (χ4n) is 2.26. The lowest BCUT2D eigenvalue weighted by molar-refractivity contribution is 0.119. The van der Waals surface area contributed by atoms with Gasteiger partial charge in [-0.2, -0.15) is 0 Å². The summed E-state index contributed by atoms with van der Waals surface area (Å²) in [4.78, 5) is 0. The predicted octanol–water partition coefficient (Wildman–Crippen LogP) is 4.23. The Kier molecular flexibility index (Phi) is 11.9. The molecule has 0 rings (SSSR count). The van der Waals surface area contributed by atoms with Crippen LogP contribution in [0, 0.1) is 17.8 Å². The molecule has 0 spiro atoms. The number of hydrogen-bond acceptors (Lipinski definition) is 2. The van der Waals surface area contributed by atoms with E-state index in [-0.39, 0.29) is 0 Å². The van der Waals surface area contributed by atoms with Crippen LogP contribution in [0.4, 0.5) is 0 Å². The van der Waals surface area contributed by atoms with Crippen LogP contribution in [-0.4, -0.2) is 19.8 Å². The van der Waals surface area contributed by atoms with Crippen molar-refractivity contribution in [3.63, 3.8) is 0 Å². The van der Waals surface area contributed by atoms with Gasteiger partial charge in [0.05, 0.1) is 0 Å². The summed E-state index contributed by atoms with van der Waals surface area (Å²) in [6, 6.07) is 0. The van der Waals surface area contributed by atoms with Gasteiger partial charge in [-0.15, -0.1) is 0 Å². The topological polar surface area (TPSA) is 35.2 Å². The molecule has 2 heteroatoms. The first-order valence-corrected chi connectivity index (χ1v) is 7.87. The Morgan fingerprint density at radius 1 is 0.889 bits per heavy atom. The van der Waals surface area contributed by atoms with Gasteiger partial charge >= 0.3 is 0 Å². The minimum atomic E-state index is 0.739. The van der Waals surface area contributed by atoms with Gasteiger partial charge in [-0.1, -0.05) is 47.0 Å². The van der Waals surface area contributed by atoms with E-state index in [1.165, 1.54) is 32.1 Å². The fraction of sp³-hybridized carbons (Fsp3) is 1.00. The van der Waals surface area contributed by atoms with E-state index in [0.717, 1.165) is 43.9 Å². The van der Waals surface area contributed by atoms with Crippen LogP contribution in [0.25, 0.3) is 0 Å². The van der Waals surface area contributed by atoms with Crippen LogP contribution in [-0.2, 0) is 4.74 Å². The number of rotatable bonds is 12. The Bertz CT molecular complexity index is 172. The summed E-state index contributed by atoms with van der Waals surface area (Å²) in [5.74, 6) is 2.55. The third-order valence-electron chi connectivity index (χ3n) is 3.90. The van der Waals surface area contributed by atoms with Gasteiger partial charge in [-0.3, -0.25) is 0 Å². The summed E-state index contributed by atoms with van der Waals surface area (Å²) in [6.07, 6.45) is 7.60. The first-order chi connectivity index (χ1) is 8.60. The molecule has 3 unspecified atom stereocenters. The zero-order chi connectivity index (χ0) is 13.8. The van der Waals surface area contributed by atoms with Crippen molar-refractivity contribution in [1.82, 2.24) is 0 Å². The molecule has 0 aliphatic heterocycles. The van der Waals surface area contributed by atoms with E-state index < -0.39 is 0 Å². The number of hydrogen-bond donors (Lipinski definition) is 1. The highest BCUT2D eigenvalue weighted by Gasteiger charge is 2.09. The maximum absolute atomic E-state index is 5.55. The van der Waals surface area contributed by atoms with Gasteiger partial charge in [0.1, 0.15) is 0 Å². The second kappa shape index (κ2) is 12.0. The van der Waals surface area contributed by atoms with Gasteiger partial charge in [0.2, 0.25) is 0 Å². The first kappa shape index (κ1) is 17.9. The Hall–Kier alpha value is -0.0800. The molecule has 0 bridgehead atoms. The van der Waals surface area contributed by atoms with Crippen LogP contribution in [0.1, 0.15) is 66.2 Å². The molecular formula is C16H35NO. The molecule has 3 atom stereocenters. The molecule has 0 aromatic carbocycles. The smallest absolute Gasteiger partial charge is 0.0478 e. The number of ether oxygens (including phenoxy) is 1. The van der Waals surface area contributed by atoms with Crippen LogP contribution < -0.4 is 5.73 Å². The maximum Gasteiger partial charge on any atom is 0.0478 e. The summed E-state index contributed by atoms with van der Waals surface area (Å²) in [6.45, 7) is 11.9. The van der Waals surface area contributed by atoms with Crippen molar-refractivity contribution in [2.45, 2.75) is 66.2 Å². The standard InChI is InChI=1S/C16H35NO/c1-5-14(2)13-16(4)8-7-15(3)9-12-18-11-6-10-17/h14-16H,5-13,17H2,1-4H3. The van der Waals surface area contributed by atoms with E-state index in [1.54, 1.807) is 0 Å². The van der Waals surface area contributed by atoms with Gasteiger partial charge in [-0.25, -0.2) is 0 Å². The zero-order valence-corrected chi connectivity index (χ0v) is 13.1. The molecule has 0 aromatic rings. The minimum absolute atomic E-state index is 0.739. The summed E-state index contributed by atoms with van der Waals surface area (Å²) < 4.78 is 5.55. The Morgan fingerprint density at radius 3 is 2.17 bits per heavy atom. The lowest BCUT2D eigenvalue weighted by atomic mass is 9.89. The number of nitrogens with two attached hydrogens (primary N) is 1. The molecule has 110 valence electrons. The average molecular weight is 257 g/mol. The van der Waals surface area contributed by atoms with Crippen LogP contribution in [0.15, 0.2) is 0 Å². The van der Waals surface area contributed by atoms with Crippen molar-refractivity contribution in [1.29, 1.82) is 0 Å². The molecule has 0 aromatic heterocycles. The van der Waals surface area contributed by atoms with Crippen molar-refractivity contribution >= 4 is 0 Å². The van der Waals surface area contributed by atoms with E-state index >= 15 is 0 Å².